The topological polar surface area (TPSA) is 130 Å². The zero-order valence-corrected chi connectivity index (χ0v) is 16.1. The van der Waals surface area contributed by atoms with E-state index in [1.54, 1.807) is 24.3 Å². The van der Waals surface area contributed by atoms with Gasteiger partial charge in [-0.25, -0.2) is 0 Å². The molecule has 0 aliphatic carbocycles. The van der Waals surface area contributed by atoms with Crippen molar-refractivity contribution in [1.82, 2.24) is 0 Å². The third-order valence-corrected chi connectivity index (χ3v) is 5.17. The summed E-state index contributed by atoms with van der Waals surface area (Å²) in [5, 5.41) is 18.2. The maximum Gasteiger partial charge on any atom is 0.294 e. The number of fused-ring (bicyclic) bond motifs is 1. The number of nitrogens with zero attached hydrogens (tertiary/aromatic N) is 2. The standard InChI is InChI=1S/C21H14N2O6S/c24-17-11-10-16(23-22-14-6-8-15(9-7-14)30(26,27)28)21-20(17)18(25)12-19(29-21)13-4-2-1-3-5-13/h1-12,24H,(H,26,27,28). The van der Waals surface area contributed by atoms with E-state index in [2.05, 4.69) is 10.2 Å². The number of rotatable bonds is 4. The van der Waals surface area contributed by atoms with Gasteiger partial charge in [-0.3, -0.25) is 9.35 Å². The Kier molecular flexibility index (Phi) is 4.90. The number of hydrogen-bond donors (Lipinski definition) is 2. The second-order valence-electron chi connectivity index (χ2n) is 6.32. The zero-order chi connectivity index (χ0) is 21.3. The molecule has 0 aliphatic rings. The van der Waals surface area contributed by atoms with Crippen LogP contribution < -0.4 is 5.43 Å². The van der Waals surface area contributed by atoms with Crippen LogP contribution >= 0.6 is 0 Å². The summed E-state index contributed by atoms with van der Waals surface area (Å²) in [5.41, 5.74) is 0.840. The predicted molar refractivity (Wildman–Crippen MR) is 110 cm³/mol. The van der Waals surface area contributed by atoms with Gasteiger partial charge in [-0.2, -0.15) is 13.5 Å². The van der Waals surface area contributed by atoms with Crippen molar-refractivity contribution in [2.45, 2.75) is 4.90 Å². The van der Waals surface area contributed by atoms with E-state index in [9.17, 15) is 18.3 Å². The summed E-state index contributed by atoms with van der Waals surface area (Å²) >= 11 is 0. The molecule has 9 heteroatoms. The molecule has 0 aliphatic heterocycles. The van der Waals surface area contributed by atoms with Crippen molar-refractivity contribution in [2.24, 2.45) is 10.2 Å². The average Bonchev–Trinajstić information content (AvgIpc) is 2.73. The molecule has 1 heterocycles. The van der Waals surface area contributed by atoms with Crippen LogP contribution in [0.1, 0.15) is 0 Å². The Labute approximate surface area is 170 Å². The fourth-order valence-corrected chi connectivity index (χ4v) is 3.33. The van der Waals surface area contributed by atoms with Gasteiger partial charge < -0.3 is 9.52 Å². The van der Waals surface area contributed by atoms with Gasteiger partial charge in [-0.05, 0) is 36.4 Å². The predicted octanol–water partition coefficient (Wildman–Crippen LogP) is 4.83. The zero-order valence-electron chi connectivity index (χ0n) is 15.3. The minimum Gasteiger partial charge on any atom is -0.507 e. The third-order valence-electron chi connectivity index (χ3n) is 4.30. The molecule has 8 nitrogen and oxygen atoms in total. The maximum absolute atomic E-state index is 12.6. The van der Waals surface area contributed by atoms with Crippen LogP contribution in [-0.4, -0.2) is 18.1 Å². The van der Waals surface area contributed by atoms with Gasteiger partial charge in [0.15, 0.2) is 11.0 Å². The highest BCUT2D eigenvalue weighted by Gasteiger charge is 2.14. The number of azo groups is 1. The van der Waals surface area contributed by atoms with Gasteiger partial charge >= 0.3 is 0 Å². The van der Waals surface area contributed by atoms with Crippen LogP contribution in [-0.2, 0) is 10.1 Å². The molecule has 30 heavy (non-hydrogen) atoms. The highest BCUT2D eigenvalue weighted by molar-refractivity contribution is 7.85. The van der Waals surface area contributed by atoms with Crippen LogP contribution in [0.4, 0.5) is 11.4 Å². The largest absolute Gasteiger partial charge is 0.507 e. The molecule has 4 aromatic rings. The molecular weight excluding hydrogens is 408 g/mol. The minimum absolute atomic E-state index is 0.0205. The normalized spacial score (nSPS) is 11.9. The Balaban J connectivity index is 1.81. The van der Waals surface area contributed by atoms with E-state index in [1.165, 1.54) is 42.5 Å². The first-order valence-electron chi connectivity index (χ1n) is 8.67. The van der Waals surface area contributed by atoms with Crippen molar-refractivity contribution in [1.29, 1.82) is 0 Å². The summed E-state index contributed by atoms with van der Waals surface area (Å²) < 4.78 is 37.1. The molecule has 1 aromatic heterocycles. The molecule has 0 fully saturated rings. The number of hydrogen-bond acceptors (Lipinski definition) is 7. The summed E-state index contributed by atoms with van der Waals surface area (Å²) in [6, 6.07) is 18.2. The lowest BCUT2D eigenvalue weighted by atomic mass is 10.1. The van der Waals surface area contributed by atoms with Gasteiger partial charge in [-0.1, -0.05) is 30.3 Å². The highest BCUT2D eigenvalue weighted by atomic mass is 32.2. The molecule has 0 amide bonds. The van der Waals surface area contributed by atoms with Crippen molar-refractivity contribution in [3.63, 3.8) is 0 Å². The minimum atomic E-state index is -4.31. The Hall–Kier alpha value is -3.82. The smallest absolute Gasteiger partial charge is 0.294 e. The van der Waals surface area contributed by atoms with Gasteiger partial charge in [0.2, 0.25) is 0 Å². The lowest BCUT2D eigenvalue weighted by molar-refractivity contribution is 0.479. The molecule has 150 valence electrons. The van der Waals surface area contributed by atoms with Crippen LogP contribution in [0.2, 0.25) is 0 Å². The first-order chi connectivity index (χ1) is 14.3. The fourth-order valence-electron chi connectivity index (χ4n) is 2.85. The Bertz CT molecular complexity index is 1430. The van der Waals surface area contributed by atoms with Crippen molar-refractivity contribution < 1.29 is 22.5 Å². The first-order valence-corrected chi connectivity index (χ1v) is 10.1. The molecule has 0 unspecified atom stereocenters. The quantitative estimate of drug-likeness (QED) is 0.358. The molecule has 0 radical (unpaired) electrons. The van der Waals surface area contributed by atoms with Gasteiger partial charge in [-0.15, -0.1) is 5.11 Å². The molecule has 4 rings (SSSR count). The average molecular weight is 422 g/mol. The molecule has 0 saturated carbocycles. The number of benzene rings is 3. The van der Waals surface area contributed by atoms with Crippen LogP contribution in [0.3, 0.4) is 0 Å². The molecule has 0 saturated heterocycles. The van der Waals surface area contributed by atoms with E-state index in [0.717, 1.165) is 0 Å². The molecule has 0 spiro atoms. The second-order valence-corrected chi connectivity index (χ2v) is 7.74. The van der Waals surface area contributed by atoms with E-state index in [-0.39, 0.29) is 27.3 Å². The van der Waals surface area contributed by atoms with Crippen LogP contribution in [0.25, 0.3) is 22.3 Å². The summed E-state index contributed by atoms with van der Waals surface area (Å²) in [6.07, 6.45) is 0. The molecule has 3 aromatic carbocycles. The van der Waals surface area contributed by atoms with Crippen LogP contribution in [0.15, 0.2) is 97.1 Å². The van der Waals surface area contributed by atoms with Crippen molar-refractivity contribution in [3.8, 4) is 17.1 Å². The van der Waals surface area contributed by atoms with Crippen molar-refractivity contribution in [2.75, 3.05) is 0 Å². The fraction of sp³-hybridized carbons (Fsp3) is 0. The Morgan fingerprint density at radius 1 is 0.867 bits per heavy atom. The lowest BCUT2D eigenvalue weighted by Crippen LogP contribution is -2.00. The van der Waals surface area contributed by atoms with Crippen LogP contribution in [0, 0.1) is 0 Å². The SMILES string of the molecule is O=c1cc(-c2ccccc2)oc2c(N=Nc3ccc(S(=O)(=O)O)cc3)ccc(O)c12. The third kappa shape index (κ3) is 3.84. The van der Waals surface area contributed by atoms with Gasteiger partial charge in [0.05, 0.1) is 10.6 Å². The van der Waals surface area contributed by atoms with Crippen LogP contribution in [0.5, 0.6) is 5.75 Å². The number of aromatic hydroxyl groups is 1. The van der Waals surface area contributed by atoms with E-state index >= 15 is 0 Å². The Morgan fingerprint density at radius 2 is 1.57 bits per heavy atom. The summed E-state index contributed by atoms with van der Waals surface area (Å²) in [6.45, 7) is 0. The first kappa shape index (κ1) is 19.5. The molecule has 0 bridgehead atoms. The van der Waals surface area contributed by atoms with Gasteiger partial charge in [0.1, 0.15) is 22.6 Å². The molecular formula is C21H14N2O6S. The second kappa shape index (κ2) is 7.54. The number of phenols is 1. The highest BCUT2D eigenvalue weighted by Crippen LogP contribution is 2.34. The molecule has 0 atom stereocenters. The number of phenolic OH excluding ortho intramolecular Hbond substituents is 1. The summed E-state index contributed by atoms with van der Waals surface area (Å²) in [5.74, 6) is 0.0717. The summed E-state index contributed by atoms with van der Waals surface area (Å²) in [7, 11) is -4.31. The van der Waals surface area contributed by atoms with E-state index in [0.29, 0.717) is 17.0 Å². The summed E-state index contributed by atoms with van der Waals surface area (Å²) in [4.78, 5) is 12.3. The van der Waals surface area contributed by atoms with E-state index < -0.39 is 15.5 Å². The van der Waals surface area contributed by atoms with Gasteiger partial charge in [0.25, 0.3) is 10.1 Å². The molecule has 2 N–H and O–H groups in total. The Morgan fingerprint density at radius 3 is 2.23 bits per heavy atom. The van der Waals surface area contributed by atoms with E-state index in [4.69, 9.17) is 8.97 Å². The van der Waals surface area contributed by atoms with E-state index in [1.807, 2.05) is 6.07 Å². The van der Waals surface area contributed by atoms with Gasteiger partial charge in [0, 0.05) is 11.6 Å². The monoisotopic (exact) mass is 422 g/mol. The lowest BCUT2D eigenvalue weighted by Gasteiger charge is -2.06. The maximum atomic E-state index is 12.6. The van der Waals surface area contributed by atoms with Crippen molar-refractivity contribution >= 4 is 32.5 Å². The van der Waals surface area contributed by atoms with Crippen molar-refractivity contribution in [3.05, 3.63) is 83.0 Å².